The molecule has 0 heterocycles. The fourth-order valence-corrected chi connectivity index (χ4v) is 0.735. The van der Waals surface area contributed by atoms with Crippen LogP contribution in [0.5, 0.6) is 0 Å². The Morgan fingerprint density at radius 1 is 1.05 bits per heavy atom. The van der Waals surface area contributed by atoms with Gasteiger partial charge in [0.05, 0.1) is 6.61 Å². The average molecular weight is 280 g/mol. The van der Waals surface area contributed by atoms with Crippen molar-refractivity contribution in [2.75, 3.05) is 13.2 Å². The molecule has 0 aliphatic rings. The van der Waals surface area contributed by atoms with Gasteiger partial charge in [0.15, 0.2) is 0 Å². The molecule has 0 bridgehead atoms. The summed E-state index contributed by atoms with van der Waals surface area (Å²) in [7, 11) is 0. The third-order valence-electron chi connectivity index (χ3n) is 1.82. The number of urea groups is 1. The molecule has 10 heteroatoms. The van der Waals surface area contributed by atoms with Crippen molar-refractivity contribution in [3.63, 3.8) is 0 Å². The lowest BCUT2D eigenvalue weighted by molar-refractivity contribution is -0.140. The summed E-state index contributed by atoms with van der Waals surface area (Å²) in [5.41, 5.74) is 14.7. The largest absolute Gasteiger partial charge is 0.480 e. The molecule has 2 unspecified atom stereocenters. The SMILES string of the molecule is NC(=O)NCCCC(N)C(=O)O.NC(CO)C(=O)O. The summed E-state index contributed by atoms with van der Waals surface area (Å²) in [6.07, 6.45) is 0.839. The maximum absolute atomic E-state index is 10.2. The van der Waals surface area contributed by atoms with E-state index >= 15 is 0 Å². The molecular formula is C9H20N4O6. The smallest absolute Gasteiger partial charge is 0.322 e. The van der Waals surface area contributed by atoms with E-state index in [1.54, 1.807) is 0 Å². The molecule has 0 saturated heterocycles. The van der Waals surface area contributed by atoms with Crippen LogP contribution in [0.2, 0.25) is 0 Å². The summed E-state index contributed by atoms with van der Waals surface area (Å²) in [5, 5.41) is 26.6. The van der Waals surface area contributed by atoms with Gasteiger partial charge in [0.25, 0.3) is 0 Å². The molecule has 0 aliphatic heterocycles. The maximum atomic E-state index is 10.2. The predicted molar refractivity (Wildman–Crippen MR) is 65.1 cm³/mol. The number of nitrogens with one attached hydrogen (secondary N) is 1. The van der Waals surface area contributed by atoms with Crippen LogP contribution in [0, 0.1) is 0 Å². The van der Waals surface area contributed by atoms with Gasteiger partial charge in [-0.1, -0.05) is 0 Å². The Bertz CT molecular complexity index is 298. The van der Waals surface area contributed by atoms with Gasteiger partial charge >= 0.3 is 18.0 Å². The first kappa shape index (κ1) is 19.4. The lowest BCUT2D eigenvalue weighted by Crippen LogP contribution is -2.33. The van der Waals surface area contributed by atoms with Gasteiger partial charge in [0.2, 0.25) is 0 Å². The molecule has 10 N–H and O–H groups in total. The molecule has 0 spiro atoms. The van der Waals surface area contributed by atoms with E-state index in [1.807, 2.05) is 0 Å². The number of hydrogen-bond donors (Lipinski definition) is 7. The molecule has 0 rings (SSSR count). The predicted octanol–water partition coefficient (Wildman–Crippen LogP) is -2.76. The number of aliphatic hydroxyl groups is 1. The summed E-state index contributed by atoms with van der Waals surface area (Å²) in [5.74, 6) is -2.21. The Labute approximate surface area is 109 Å². The zero-order valence-electron chi connectivity index (χ0n) is 10.3. The van der Waals surface area contributed by atoms with E-state index in [-0.39, 0.29) is 0 Å². The van der Waals surface area contributed by atoms with Gasteiger partial charge in [0, 0.05) is 6.54 Å². The van der Waals surface area contributed by atoms with Crippen molar-refractivity contribution in [3.05, 3.63) is 0 Å². The molecule has 2 atom stereocenters. The number of aliphatic carboxylic acids is 2. The van der Waals surface area contributed by atoms with Crippen LogP contribution in [0.15, 0.2) is 0 Å². The van der Waals surface area contributed by atoms with Crippen LogP contribution < -0.4 is 22.5 Å². The average Bonchev–Trinajstić information content (AvgIpc) is 2.33. The van der Waals surface area contributed by atoms with Crippen molar-refractivity contribution in [1.29, 1.82) is 0 Å². The van der Waals surface area contributed by atoms with Crippen molar-refractivity contribution < 1.29 is 29.7 Å². The van der Waals surface area contributed by atoms with E-state index in [2.05, 4.69) is 5.32 Å². The van der Waals surface area contributed by atoms with E-state index < -0.39 is 36.7 Å². The fourth-order valence-electron chi connectivity index (χ4n) is 0.735. The summed E-state index contributed by atoms with van der Waals surface area (Å²) in [6, 6.07) is -2.60. The second kappa shape index (κ2) is 11.2. The number of rotatable bonds is 7. The number of carbonyl (C=O) groups is 3. The number of carboxylic acids is 2. The number of amides is 2. The van der Waals surface area contributed by atoms with Crippen LogP contribution in [0.25, 0.3) is 0 Å². The van der Waals surface area contributed by atoms with E-state index in [0.29, 0.717) is 19.4 Å². The Morgan fingerprint density at radius 2 is 1.53 bits per heavy atom. The van der Waals surface area contributed by atoms with E-state index in [9.17, 15) is 14.4 Å². The van der Waals surface area contributed by atoms with Gasteiger partial charge in [-0.15, -0.1) is 0 Å². The zero-order chi connectivity index (χ0) is 15.4. The number of nitrogens with two attached hydrogens (primary N) is 3. The van der Waals surface area contributed by atoms with E-state index in [4.69, 9.17) is 32.5 Å². The molecule has 0 aromatic heterocycles. The molecule has 0 radical (unpaired) electrons. The highest BCUT2D eigenvalue weighted by Gasteiger charge is 2.09. The van der Waals surface area contributed by atoms with Crippen molar-refractivity contribution >= 4 is 18.0 Å². The summed E-state index contributed by atoms with van der Waals surface area (Å²) in [6.45, 7) is -0.147. The third kappa shape index (κ3) is 14.0. The van der Waals surface area contributed by atoms with Crippen molar-refractivity contribution in [2.24, 2.45) is 17.2 Å². The van der Waals surface area contributed by atoms with Crippen LogP contribution >= 0.6 is 0 Å². The third-order valence-corrected chi connectivity index (χ3v) is 1.82. The molecule has 0 aromatic rings. The molecule has 0 aromatic carbocycles. The highest BCUT2D eigenvalue weighted by Crippen LogP contribution is 1.92. The van der Waals surface area contributed by atoms with Gasteiger partial charge in [-0.3, -0.25) is 9.59 Å². The molecule has 112 valence electrons. The molecule has 0 aliphatic carbocycles. The highest BCUT2D eigenvalue weighted by molar-refractivity contribution is 5.73. The van der Waals surface area contributed by atoms with Crippen LogP contribution in [0.3, 0.4) is 0 Å². The summed E-state index contributed by atoms with van der Waals surface area (Å²) in [4.78, 5) is 30.0. The van der Waals surface area contributed by atoms with Gasteiger partial charge in [-0.05, 0) is 12.8 Å². The first-order valence-electron chi connectivity index (χ1n) is 5.33. The standard InChI is InChI=1S/C6H13N3O3.C3H7NO3/c7-4(5(10)11)2-1-3-9-6(8)12;4-2(1-5)3(6)7/h4H,1-3,7H2,(H,10,11)(H3,8,9,12);2,5H,1,4H2,(H,6,7). The zero-order valence-corrected chi connectivity index (χ0v) is 10.3. The van der Waals surface area contributed by atoms with Crippen LogP contribution in [0.4, 0.5) is 4.79 Å². The van der Waals surface area contributed by atoms with Crippen LogP contribution in [-0.4, -0.2) is 58.5 Å². The van der Waals surface area contributed by atoms with Crippen LogP contribution in [-0.2, 0) is 9.59 Å². The second-order valence-electron chi connectivity index (χ2n) is 3.51. The van der Waals surface area contributed by atoms with Crippen molar-refractivity contribution in [2.45, 2.75) is 24.9 Å². The molecule has 19 heavy (non-hydrogen) atoms. The van der Waals surface area contributed by atoms with Crippen LogP contribution in [0.1, 0.15) is 12.8 Å². The number of hydrogen-bond acceptors (Lipinski definition) is 6. The minimum Gasteiger partial charge on any atom is -0.480 e. The first-order valence-corrected chi connectivity index (χ1v) is 5.33. The molecule has 0 saturated carbocycles. The second-order valence-corrected chi connectivity index (χ2v) is 3.51. The molecule has 10 nitrogen and oxygen atoms in total. The lowest BCUT2D eigenvalue weighted by atomic mass is 10.2. The van der Waals surface area contributed by atoms with Gasteiger partial charge in [-0.2, -0.15) is 0 Å². The topological polar surface area (TPSA) is 202 Å². The Kier molecular flexibility index (Phi) is 11.4. The van der Waals surface area contributed by atoms with Crippen molar-refractivity contribution in [3.8, 4) is 0 Å². The van der Waals surface area contributed by atoms with E-state index in [0.717, 1.165) is 0 Å². The highest BCUT2D eigenvalue weighted by atomic mass is 16.4. The monoisotopic (exact) mass is 280 g/mol. The quantitative estimate of drug-likeness (QED) is 0.243. The maximum Gasteiger partial charge on any atom is 0.322 e. The molecular weight excluding hydrogens is 260 g/mol. The minimum absolute atomic E-state index is 0.329. The van der Waals surface area contributed by atoms with Gasteiger partial charge in [-0.25, -0.2) is 4.79 Å². The van der Waals surface area contributed by atoms with Gasteiger partial charge in [0.1, 0.15) is 12.1 Å². The number of aliphatic hydroxyl groups excluding tert-OH is 1. The fraction of sp³-hybridized carbons (Fsp3) is 0.667. The summed E-state index contributed by atoms with van der Waals surface area (Å²) < 4.78 is 0. The normalized spacial score (nSPS) is 12.6. The molecule has 0 fully saturated rings. The first-order chi connectivity index (χ1) is 8.72. The minimum atomic E-state index is -1.18. The van der Waals surface area contributed by atoms with Gasteiger partial charge < -0.3 is 37.8 Å². The summed E-state index contributed by atoms with van der Waals surface area (Å²) >= 11 is 0. The van der Waals surface area contributed by atoms with E-state index in [1.165, 1.54) is 0 Å². The Balaban J connectivity index is 0. The molecule has 2 amide bonds. The van der Waals surface area contributed by atoms with Crippen molar-refractivity contribution in [1.82, 2.24) is 5.32 Å². The Hall–Kier alpha value is -1.91. The number of primary amides is 1. The lowest BCUT2D eigenvalue weighted by Gasteiger charge is -2.05. The number of carbonyl (C=O) groups excluding carboxylic acids is 1. The Morgan fingerprint density at radius 3 is 1.79 bits per heavy atom. The number of carboxylic acid groups (broad SMARTS) is 2.